The summed E-state index contributed by atoms with van der Waals surface area (Å²) in [6.45, 7) is 4.47. The van der Waals surface area contributed by atoms with Gasteiger partial charge in [-0.15, -0.1) is 0 Å². The number of carbonyl (C=O) groups excluding carboxylic acids is 1. The van der Waals surface area contributed by atoms with Gasteiger partial charge in [0, 0.05) is 19.6 Å². The van der Waals surface area contributed by atoms with Gasteiger partial charge in [-0.2, -0.15) is 0 Å². The number of fused-ring (bicyclic) bond motifs is 3. The Bertz CT molecular complexity index is 549. The van der Waals surface area contributed by atoms with Crippen LogP contribution in [0.15, 0.2) is 30.3 Å². The predicted octanol–water partition coefficient (Wildman–Crippen LogP) is 2.00. The van der Waals surface area contributed by atoms with E-state index in [-0.39, 0.29) is 18.1 Å². The van der Waals surface area contributed by atoms with Crippen LogP contribution in [0.25, 0.3) is 0 Å². The van der Waals surface area contributed by atoms with Crippen molar-refractivity contribution in [3.8, 4) is 0 Å². The van der Waals surface area contributed by atoms with Crippen LogP contribution >= 0.6 is 0 Å². The number of piperidine rings is 1. The highest BCUT2D eigenvalue weighted by Gasteiger charge is 2.65. The zero-order chi connectivity index (χ0) is 15.8. The molecule has 0 aliphatic carbocycles. The van der Waals surface area contributed by atoms with Crippen LogP contribution in [0, 0.1) is 0 Å². The molecule has 0 saturated carbocycles. The minimum absolute atomic E-state index is 0.0710. The molecule has 2 bridgehead atoms. The molecule has 0 amide bonds. The van der Waals surface area contributed by atoms with E-state index in [1.54, 1.807) is 0 Å². The van der Waals surface area contributed by atoms with E-state index in [1.165, 1.54) is 7.11 Å². The number of hydrogen-bond acceptors (Lipinski definition) is 5. The third kappa shape index (κ3) is 2.33. The molecule has 5 heteroatoms. The zero-order valence-electron chi connectivity index (χ0n) is 13.3. The first-order valence-corrected chi connectivity index (χ1v) is 7.76. The lowest BCUT2D eigenvalue weighted by Crippen LogP contribution is -2.80. The van der Waals surface area contributed by atoms with Gasteiger partial charge >= 0.3 is 5.97 Å². The monoisotopic (exact) mass is 305 g/mol. The minimum Gasteiger partial charge on any atom is -0.454 e. The molecule has 120 valence electrons. The summed E-state index contributed by atoms with van der Waals surface area (Å²) in [4.78, 5) is 12.4. The molecule has 3 fully saturated rings. The maximum Gasteiger partial charge on any atom is 0.357 e. The van der Waals surface area contributed by atoms with E-state index >= 15 is 0 Å². The highest BCUT2D eigenvalue weighted by atomic mass is 16.6. The Labute approximate surface area is 130 Å². The molecule has 3 saturated heterocycles. The normalized spacial score (nSPS) is 37.1. The molecule has 3 aliphatic rings. The summed E-state index contributed by atoms with van der Waals surface area (Å²) < 4.78 is 17.2. The lowest BCUT2D eigenvalue weighted by Gasteiger charge is -2.57. The summed E-state index contributed by atoms with van der Waals surface area (Å²) >= 11 is 0. The summed E-state index contributed by atoms with van der Waals surface area (Å²) in [7, 11) is 1.52. The number of ether oxygens (including phenoxy) is 3. The van der Waals surface area contributed by atoms with Crippen LogP contribution in [-0.2, 0) is 25.6 Å². The van der Waals surface area contributed by atoms with Gasteiger partial charge in [-0.1, -0.05) is 37.3 Å². The lowest BCUT2D eigenvalue weighted by atomic mass is 9.76. The fourth-order valence-electron chi connectivity index (χ4n) is 3.50. The van der Waals surface area contributed by atoms with Crippen molar-refractivity contribution in [2.75, 3.05) is 7.11 Å². The molecule has 4 atom stereocenters. The average molecular weight is 305 g/mol. The van der Waals surface area contributed by atoms with Crippen LogP contribution in [0.3, 0.4) is 0 Å². The van der Waals surface area contributed by atoms with E-state index in [4.69, 9.17) is 14.2 Å². The van der Waals surface area contributed by atoms with Crippen molar-refractivity contribution in [2.45, 2.75) is 56.8 Å². The molecule has 3 aliphatic heterocycles. The number of rotatable bonds is 5. The Morgan fingerprint density at radius 2 is 2.09 bits per heavy atom. The summed E-state index contributed by atoms with van der Waals surface area (Å²) in [6.07, 6.45) is 1.12. The number of hydrogen-bond donors (Lipinski definition) is 1. The van der Waals surface area contributed by atoms with Gasteiger partial charge < -0.3 is 14.2 Å². The van der Waals surface area contributed by atoms with Crippen molar-refractivity contribution in [3.05, 3.63) is 35.9 Å². The first-order chi connectivity index (χ1) is 10.5. The van der Waals surface area contributed by atoms with Crippen molar-refractivity contribution in [1.29, 1.82) is 0 Å². The molecule has 3 heterocycles. The van der Waals surface area contributed by atoms with E-state index in [1.807, 2.05) is 37.3 Å². The lowest BCUT2D eigenvalue weighted by molar-refractivity contribution is -0.275. The van der Waals surface area contributed by atoms with Gasteiger partial charge in [0.2, 0.25) is 5.72 Å². The molecule has 1 aromatic rings. The Kier molecular flexibility index (Phi) is 3.97. The Morgan fingerprint density at radius 1 is 1.36 bits per heavy atom. The smallest absolute Gasteiger partial charge is 0.357 e. The Hall–Kier alpha value is -1.43. The summed E-state index contributed by atoms with van der Waals surface area (Å²) in [5.74, 6) is -0.383. The van der Waals surface area contributed by atoms with Crippen molar-refractivity contribution in [3.63, 3.8) is 0 Å². The van der Waals surface area contributed by atoms with Crippen LogP contribution in [0.1, 0.15) is 32.3 Å². The van der Waals surface area contributed by atoms with E-state index < -0.39 is 11.3 Å². The predicted molar refractivity (Wildman–Crippen MR) is 81.1 cm³/mol. The third-order valence-corrected chi connectivity index (χ3v) is 4.82. The quantitative estimate of drug-likeness (QED) is 0.843. The van der Waals surface area contributed by atoms with E-state index in [0.717, 1.165) is 12.0 Å². The van der Waals surface area contributed by atoms with Gasteiger partial charge in [0.1, 0.15) is 11.7 Å². The van der Waals surface area contributed by atoms with Crippen LogP contribution < -0.4 is 5.32 Å². The minimum atomic E-state index is -1.20. The number of nitrogens with one attached hydrogen (secondary N) is 1. The third-order valence-electron chi connectivity index (χ3n) is 4.82. The first-order valence-electron chi connectivity index (χ1n) is 7.76. The molecular weight excluding hydrogens is 282 g/mol. The van der Waals surface area contributed by atoms with Crippen LogP contribution in [-0.4, -0.2) is 36.6 Å². The Balaban J connectivity index is 1.80. The maximum absolute atomic E-state index is 12.4. The maximum atomic E-state index is 12.4. The number of carbonyl (C=O) groups is 1. The van der Waals surface area contributed by atoms with Crippen LogP contribution in [0.5, 0.6) is 0 Å². The van der Waals surface area contributed by atoms with E-state index in [9.17, 15) is 4.79 Å². The molecule has 4 unspecified atom stereocenters. The van der Waals surface area contributed by atoms with Crippen molar-refractivity contribution >= 4 is 5.97 Å². The number of esters is 1. The van der Waals surface area contributed by atoms with Crippen molar-refractivity contribution in [2.24, 2.45) is 0 Å². The molecule has 5 nitrogen and oxygen atoms in total. The number of morpholine rings is 1. The molecule has 22 heavy (non-hydrogen) atoms. The average Bonchev–Trinajstić information content (AvgIpc) is 2.53. The second kappa shape index (κ2) is 5.65. The number of methoxy groups -OCH3 is 1. The van der Waals surface area contributed by atoms with Gasteiger partial charge in [0.15, 0.2) is 0 Å². The first kappa shape index (κ1) is 15.5. The van der Waals surface area contributed by atoms with Crippen LogP contribution in [0.2, 0.25) is 0 Å². The highest BCUT2D eigenvalue weighted by molar-refractivity contribution is 5.82. The molecule has 1 N–H and O–H groups in total. The van der Waals surface area contributed by atoms with Gasteiger partial charge in [0.05, 0.1) is 6.61 Å². The van der Waals surface area contributed by atoms with Crippen molar-refractivity contribution < 1.29 is 19.0 Å². The molecule has 0 aromatic heterocycles. The second-order valence-electron chi connectivity index (χ2n) is 6.24. The molecule has 1 aromatic carbocycles. The SMILES string of the molecule is CCC1NC2(OC)C(=O)OC1(C)CC2OCc1ccccc1. The highest BCUT2D eigenvalue weighted by Crippen LogP contribution is 2.43. The van der Waals surface area contributed by atoms with E-state index in [0.29, 0.717) is 13.0 Å². The zero-order valence-corrected chi connectivity index (χ0v) is 13.3. The number of benzene rings is 1. The largest absolute Gasteiger partial charge is 0.454 e. The standard InChI is InChI=1S/C17H23NO4/c1-4-13-16(2)10-14(17(18-13,20-3)15(19)22-16)21-11-12-8-6-5-7-9-12/h5-9,13-14,18H,4,10-11H2,1-3H3. The van der Waals surface area contributed by atoms with Gasteiger partial charge in [-0.25, -0.2) is 4.79 Å². The topological polar surface area (TPSA) is 56.8 Å². The molecule has 0 radical (unpaired) electrons. The van der Waals surface area contributed by atoms with Gasteiger partial charge in [-0.3, -0.25) is 5.32 Å². The Morgan fingerprint density at radius 3 is 2.73 bits per heavy atom. The summed E-state index contributed by atoms with van der Waals surface area (Å²) in [6, 6.07) is 9.99. The molecular formula is C17H23NO4. The fraction of sp³-hybridized carbons (Fsp3) is 0.588. The van der Waals surface area contributed by atoms with Gasteiger partial charge in [0.25, 0.3) is 0 Å². The summed E-state index contributed by atoms with van der Waals surface area (Å²) in [5, 5.41) is 3.32. The fourth-order valence-corrected chi connectivity index (χ4v) is 3.50. The molecule has 0 spiro atoms. The van der Waals surface area contributed by atoms with E-state index in [2.05, 4.69) is 12.2 Å². The second-order valence-corrected chi connectivity index (χ2v) is 6.24. The summed E-state index contributed by atoms with van der Waals surface area (Å²) in [5.41, 5.74) is -0.679. The van der Waals surface area contributed by atoms with Crippen LogP contribution in [0.4, 0.5) is 0 Å². The molecule has 4 rings (SSSR count). The van der Waals surface area contributed by atoms with Crippen molar-refractivity contribution in [1.82, 2.24) is 5.32 Å². The van der Waals surface area contributed by atoms with Gasteiger partial charge in [-0.05, 0) is 18.9 Å².